The minimum absolute atomic E-state index is 0.0718. The summed E-state index contributed by atoms with van der Waals surface area (Å²) in [6, 6.07) is 13.1. The SMILES string of the molecule is CC1Cc2cc(C3=NNC(=Nc4cccc(Cl)c4)SC3)ccc2N1S(C)(=O)=O. The highest BCUT2D eigenvalue weighted by molar-refractivity contribution is 8.14. The van der Waals surface area contributed by atoms with Crippen LogP contribution in [0, 0.1) is 0 Å². The Bertz CT molecular complexity index is 1100. The van der Waals surface area contributed by atoms with Crippen molar-refractivity contribution in [1.82, 2.24) is 5.43 Å². The molecule has 0 bridgehead atoms. The lowest BCUT2D eigenvalue weighted by Gasteiger charge is -2.22. The van der Waals surface area contributed by atoms with Crippen LogP contribution in [-0.4, -0.2) is 37.3 Å². The van der Waals surface area contributed by atoms with Crippen LogP contribution >= 0.6 is 23.4 Å². The quantitative estimate of drug-likeness (QED) is 0.797. The number of aliphatic imine (C=N–C) groups is 1. The Morgan fingerprint density at radius 2 is 2.11 bits per heavy atom. The van der Waals surface area contributed by atoms with E-state index in [1.165, 1.54) is 10.6 Å². The highest BCUT2D eigenvalue weighted by Crippen LogP contribution is 2.35. The molecule has 0 saturated carbocycles. The molecule has 0 fully saturated rings. The van der Waals surface area contributed by atoms with Crippen molar-refractivity contribution >= 4 is 55.6 Å². The Morgan fingerprint density at radius 1 is 1.29 bits per heavy atom. The predicted molar refractivity (Wildman–Crippen MR) is 118 cm³/mol. The third kappa shape index (κ3) is 3.90. The van der Waals surface area contributed by atoms with Gasteiger partial charge in [0, 0.05) is 16.8 Å². The summed E-state index contributed by atoms with van der Waals surface area (Å²) in [5.74, 6) is 0.677. The van der Waals surface area contributed by atoms with E-state index in [4.69, 9.17) is 11.6 Å². The first kappa shape index (κ1) is 19.3. The van der Waals surface area contributed by atoms with Crippen molar-refractivity contribution < 1.29 is 8.42 Å². The molecule has 0 amide bonds. The normalized spacial score (nSPS) is 20.7. The van der Waals surface area contributed by atoms with E-state index >= 15 is 0 Å². The molecule has 0 saturated heterocycles. The monoisotopic (exact) mass is 434 g/mol. The number of sulfonamides is 1. The number of anilines is 1. The second kappa shape index (κ2) is 7.42. The molecule has 4 rings (SSSR count). The van der Waals surface area contributed by atoms with Gasteiger partial charge in [-0.25, -0.2) is 13.4 Å². The maximum atomic E-state index is 12.1. The van der Waals surface area contributed by atoms with Crippen molar-refractivity contribution in [2.45, 2.75) is 19.4 Å². The van der Waals surface area contributed by atoms with Gasteiger partial charge < -0.3 is 0 Å². The molecule has 146 valence electrons. The Morgan fingerprint density at radius 3 is 2.79 bits per heavy atom. The number of rotatable bonds is 3. The van der Waals surface area contributed by atoms with E-state index in [1.54, 1.807) is 17.8 Å². The maximum Gasteiger partial charge on any atom is 0.232 e. The number of hydrazone groups is 1. The van der Waals surface area contributed by atoms with E-state index in [0.717, 1.165) is 28.2 Å². The van der Waals surface area contributed by atoms with Gasteiger partial charge in [0.2, 0.25) is 10.0 Å². The zero-order valence-electron chi connectivity index (χ0n) is 15.4. The Hall–Kier alpha value is -2.03. The van der Waals surface area contributed by atoms with Gasteiger partial charge in [-0.15, -0.1) is 0 Å². The second-order valence-electron chi connectivity index (χ2n) is 6.81. The molecule has 1 N–H and O–H groups in total. The van der Waals surface area contributed by atoms with Crippen LogP contribution in [0.1, 0.15) is 18.1 Å². The van der Waals surface area contributed by atoms with Crippen molar-refractivity contribution in [2.75, 3.05) is 16.3 Å². The smallest absolute Gasteiger partial charge is 0.232 e. The molecule has 0 radical (unpaired) electrons. The number of nitrogens with zero attached hydrogens (tertiary/aromatic N) is 3. The van der Waals surface area contributed by atoms with Crippen LogP contribution in [0.15, 0.2) is 52.6 Å². The molecule has 2 aliphatic rings. The first-order valence-electron chi connectivity index (χ1n) is 8.73. The van der Waals surface area contributed by atoms with Crippen molar-refractivity contribution in [3.63, 3.8) is 0 Å². The molecule has 0 spiro atoms. The molecule has 0 aromatic heterocycles. The standard InChI is InChI=1S/C19H19ClN4O2S2/c1-12-8-14-9-13(6-7-18(14)24(12)28(2,25)26)17-11-27-19(23-22-17)21-16-5-3-4-15(20)10-16/h3-7,9-10,12H,8,11H2,1-2H3,(H,21,23). The lowest BCUT2D eigenvalue weighted by molar-refractivity contribution is 0.590. The van der Waals surface area contributed by atoms with Gasteiger partial charge in [0.1, 0.15) is 0 Å². The third-order valence-corrected chi connectivity index (χ3v) is 6.97. The van der Waals surface area contributed by atoms with E-state index < -0.39 is 10.0 Å². The van der Waals surface area contributed by atoms with Crippen LogP contribution in [-0.2, 0) is 16.4 Å². The number of hydrogen-bond acceptors (Lipinski definition) is 5. The van der Waals surface area contributed by atoms with Gasteiger partial charge in [0.25, 0.3) is 0 Å². The van der Waals surface area contributed by atoms with Crippen LogP contribution in [0.4, 0.5) is 11.4 Å². The summed E-state index contributed by atoms with van der Waals surface area (Å²) in [6.07, 6.45) is 1.95. The van der Waals surface area contributed by atoms with E-state index in [-0.39, 0.29) is 6.04 Å². The topological polar surface area (TPSA) is 74.1 Å². The summed E-state index contributed by atoms with van der Waals surface area (Å²) in [6.45, 7) is 1.93. The largest absolute Gasteiger partial charge is 0.267 e. The number of halogens is 1. The van der Waals surface area contributed by atoms with E-state index in [2.05, 4.69) is 15.5 Å². The summed E-state index contributed by atoms with van der Waals surface area (Å²) in [4.78, 5) is 4.52. The van der Waals surface area contributed by atoms with Crippen LogP contribution < -0.4 is 9.73 Å². The second-order valence-corrected chi connectivity index (χ2v) is 10.1. The number of fused-ring (bicyclic) bond motifs is 1. The first-order chi connectivity index (χ1) is 13.3. The fourth-order valence-electron chi connectivity index (χ4n) is 3.47. The lowest BCUT2D eigenvalue weighted by atomic mass is 10.0. The van der Waals surface area contributed by atoms with Crippen molar-refractivity contribution in [3.8, 4) is 0 Å². The molecule has 2 aromatic carbocycles. The third-order valence-electron chi connectivity index (χ3n) is 4.59. The van der Waals surface area contributed by atoms with Gasteiger partial charge in [-0.1, -0.05) is 35.5 Å². The molecule has 2 aliphatic heterocycles. The van der Waals surface area contributed by atoms with E-state index in [9.17, 15) is 8.42 Å². The fraction of sp³-hybridized carbons (Fsp3) is 0.263. The van der Waals surface area contributed by atoms with Gasteiger partial charge in [0.15, 0.2) is 5.17 Å². The van der Waals surface area contributed by atoms with Crippen LogP contribution in [0.5, 0.6) is 0 Å². The predicted octanol–water partition coefficient (Wildman–Crippen LogP) is 3.78. The number of hydrogen-bond donors (Lipinski definition) is 1. The van der Waals surface area contributed by atoms with Crippen molar-refractivity contribution in [2.24, 2.45) is 10.1 Å². The van der Waals surface area contributed by atoms with Gasteiger partial charge >= 0.3 is 0 Å². The molecular formula is C19H19ClN4O2S2. The van der Waals surface area contributed by atoms with Crippen LogP contribution in [0.2, 0.25) is 5.02 Å². The van der Waals surface area contributed by atoms with Crippen molar-refractivity contribution in [1.29, 1.82) is 0 Å². The van der Waals surface area contributed by atoms with Crippen LogP contribution in [0.25, 0.3) is 0 Å². The number of amidine groups is 1. The number of nitrogens with one attached hydrogen (secondary N) is 1. The van der Waals surface area contributed by atoms with Gasteiger partial charge in [-0.3, -0.25) is 9.73 Å². The van der Waals surface area contributed by atoms with Crippen molar-refractivity contribution in [3.05, 3.63) is 58.6 Å². The van der Waals surface area contributed by atoms with Crippen LogP contribution in [0.3, 0.4) is 0 Å². The molecule has 9 heteroatoms. The average Bonchev–Trinajstić information content (AvgIpc) is 2.97. The molecule has 2 heterocycles. The maximum absolute atomic E-state index is 12.1. The highest BCUT2D eigenvalue weighted by atomic mass is 35.5. The first-order valence-corrected chi connectivity index (χ1v) is 11.9. The number of benzene rings is 2. The zero-order chi connectivity index (χ0) is 19.9. The molecular weight excluding hydrogens is 416 g/mol. The average molecular weight is 435 g/mol. The summed E-state index contributed by atoms with van der Waals surface area (Å²) in [5.41, 5.74) is 7.46. The zero-order valence-corrected chi connectivity index (χ0v) is 17.8. The van der Waals surface area contributed by atoms with E-state index in [0.29, 0.717) is 22.4 Å². The molecule has 1 unspecified atom stereocenters. The molecule has 0 aliphatic carbocycles. The summed E-state index contributed by atoms with van der Waals surface area (Å²) < 4.78 is 25.6. The minimum atomic E-state index is -3.28. The molecule has 6 nitrogen and oxygen atoms in total. The molecule has 28 heavy (non-hydrogen) atoms. The van der Waals surface area contributed by atoms with Gasteiger partial charge in [-0.2, -0.15) is 5.10 Å². The van der Waals surface area contributed by atoms with Gasteiger partial charge in [0.05, 0.1) is 23.3 Å². The van der Waals surface area contributed by atoms with E-state index in [1.807, 2.05) is 43.3 Å². The number of thioether (sulfide) groups is 1. The summed E-state index contributed by atoms with van der Waals surface area (Å²) >= 11 is 7.56. The lowest BCUT2D eigenvalue weighted by Crippen LogP contribution is -2.34. The summed E-state index contributed by atoms with van der Waals surface area (Å²) in [7, 11) is -3.28. The molecule has 2 aromatic rings. The highest BCUT2D eigenvalue weighted by Gasteiger charge is 2.32. The molecule has 1 atom stereocenters. The van der Waals surface area contributed by atoms with Gasteiger partial charge in [-0.05, 0) is 54.8 Å². The fourth-order valence-corrected chi connectivity index (χ4v) is 5.71. The Labute approximate surface area is 173 Å². The minimum Gasteiger partial charge on any atom is -0.267 e. The Kier molecular flexibility index (Phi) is 5.11. The Balaban J connectivity index is 1.56. The summed E-state index contributed by atoms with van der Waals surface area (Å²) in [5, 5.41) is 5.82.